The zero-order chi connectivity index (χ0) is 17.7. The normalized spacial score (nSPS) is 35.6. The smallest absolute Gasteiger partial charge is 0.187 e. The SMILES string of the molecule is C.CCC(O)[C@H](O)[C@H](O[C@H]1OC(CO)[C@@H](O)[C@@H](O)C1O)C(O)CO. The third-order valence-electron chi connectivity index (χ3n) is 3.86. The third kappa shape index (κ3) is 5.30. The maximum absolute atomic E-state index is 9.99. The number of rotatable bonds is 8. The van der Waals surface area contributed by atoms with Crippen LogP contribution in [0.5, 0.6) is 0 Å². The zero-order valence-electron chi connectivity index (χ0n) is 12.7. The van der Waals surface area contributed by atoms with Crippen LogP contribution in [0.2, 0.25) is 0 Å². The average molecular weight is 358 g/mol. The maximum atomic E-state index is 9.99. The molecule has 24 heavy (non-hydrogen) atoms. The molecule has 9 atom stereocenters. The molecule has 0 saturated carbocycles. The van der Waals surface area contributed by atoms with E-state index in [0.29, 0.717) is 0 Å². The zero-order valence-corrected chi connectivity index (χ0v) is 12.7. The van der Waals surface area contributed by atoms with E-state index >= 15 is 0 Å². The first kappa shape index (κ1) is 23.6. The van der Waals surface area contributed by atoms with Gasteiger partial charge in [0.1, 0.15) is 42.7 Å². The van der Waals surface area contributed by atoms with Crippen molar-refractivity contribution in [1.82, 2.24) is 0 Å². The van der Waals surface area contributed by atoms with Crippen LogP contribution in [0.3, 0.4) is 0 Å². The molecule has 0 bridgehead atoms. The lowest BCUT2D eigenvalue weighted by molar-refractivity contribution is -0.327. The maximum Gasteiger partial charge on any atom is 0.187 e. The number of hydrogen-bond acceptors (Lipinski definition) is 10. The standard InChI is InChI=1S/C13H26O10.CH4/c1-2-5(16)8(18)12(6(17)3-14)23-13-11(21)10(20)9(19)7(4-15)22-13;/h5-21H,2-4H2,1H3;1H4/t5?,6?,7?,8-,9+,10+,11?,12+,13+;/m0./s1. The van der Waals surface area contributed by atoms with Crippen molar-refractivity contribution < 1.29 is 50.3 Å². The van der Waals surface area contributed by atoms with Gasteiger partial charge in [-0.1, -0.05) is 14.4 Å². The van der Waals surface area contributed by atoms with E-state index in [-0.39, 0.29) is 13.8 Å². The Morgan fingerprint density at radius 3 is 2.00 bits per heavy atom. The van der Waals surface area contributed by atoms with Crippen molar-refractivity contribution in [3.05, 3.63) is 0 Å². The molecule has 1 fully saturated rings. The molecule has 0 radical (unpaired) electrons. The summed E-state index contributed by atoms with van der Waals surface area (Å²) >= 11 is 0. The summed E-state index contributed by atoms with van der Waals surface area (Å²) in [5, 5.41) is 76.8. The molecule has 0 aromatic carbocycles. The highest BCUT2D eigenvalue weighted by Crippen LogP contribution is 2.25. The van der Waals surface area contributed by atoms with Crippen molar-refractivity contribution in [1.29, 1.82) is 0 Å². The van der Waals surface area contributed by atoms with Gasteiger partial charge in [-0.05, 0) is 6.42 Å². The molecule has 0 aliphatic carbocycles. The molecule has 0 aromatic rings. The Morgan fingerprint density at radius 2 is 1.54 bits per heavy atom. The topological polar surface area (TPSA) is 180 Å². The first-order valence-corrected chi connectivity index (χ1v) is 7.39. The van der Waals surface area contributed by atoms with E-state index in [9.17, 15) is 30.6 Å². The number of ether oxygens (including phenoxy) is 2. The Kier molecular flexibility index (Phi) is 10.4. The molecular formula is C14H30O10. The molecule has 146 valence electrons. The molecule has 1 saturated heterocycles. The molecule has 10 heteroatoms. The lowest BCUT2D eigenvalue weighted by atomic mass is 9.98. The fourth-order valence-electron chi connectivity index (χ4n) is 2.30. The second kappa shape index (κ2) is 10.6. The summed E-state index contributed by atoms with van der Waals surface area (Å²) in [4.78, 5) is 0. The van der Waals surface area contributed by atoms with Gasteiger partial charge in [0.05, 0.1) is 19.3 Å². The summed E-state index contributed by atoms with van der Waals surface area (Å²) in [5.41, 5.74) is 0. The van der Waals surface area contributed by atoms with Crippen LogP contribution in [0, 0.1) is 0 Å². The molecule has 1 aliphatic heterocycles. The second-order valence-electron chi connectivity index (χ2n) is 5.51. The highest BCUT2D eigenvalue weighted by molar-refractivity contribution is 4.91. The highest BCUT2D eigenvalue weighted by Gasteiger charge is 2.46. The lowest BCUT2D eigenvalue weighted by Crippen LogP contribution is -2.61. The summed E-state index contributed by atoms with van der Waals surface area (Å²) in [6.07, 6.45) is -13.7. The van der Waals surface area contributed by atoms with Crippen molar-refractivity contribution in [2.75, 3.05) is 13.2 Å². The van der Waals surface area contributed by atoms with E-state index in [2.05, 4.69) is 0 Å². The van der Waals surface area contributed by atoms with Crippen molar-refractivity contribution >= 4 is 0 Å². The van der Waals surface area contributed by atoms with Crippen LogP contribution in [0.1, 0.15) is 20.8 Å². The first-order chi connectivity index (χ1) is 10.8. The Labute approximate surface area is 140 Å². The molecule has 1 heterocycles. The molecule has 0 amide bonds. The number of hydrogen-bond donors (Lipinski definition) is 8. The Bertz CT molecular complexity index is 342. The van der Waals surface area contributed by atoms with Crippen LogP contribution < -0.4 is 0 Å². The summed E-state index contributed by atoms with van der Waals surface area (Å²) in [7, 11) is 0. The van der Waals surface area contributed by atoms with Crippen LogP contribution in [0.15, 0.2) is 0 Å². The molecule has 0 spiro atoms. The summed E-state index contributed by atoms with van der Waals surface area (Å²) < 4.78 is 10.3. The van der Waals surface area contributed by atoms with Gasteiger partial charge in [-0.15, -0.1) is 0 Å². The monoisotopic (exact) mass is 358 g/mol. The third-order valence-corrected chi connectivity index (χ3v) is 3.86. The second-order valence-corrected chi connectivity index (χ2v) is 5.51. The van der Waals surface area contributed by atoms with Gasteiger partial charge in [-0.25, -0.2) is 0 Å². The van der Waals surface area contributed by atoms with Crippen LogP contribution in [0.25, 0.3) is 0 Å². The summed E-state index contributed by atoms with van der Waals surface area (Å²) in [6.45, 7) is 0.109. The molecule has 0 aromatic heterocycles. The van der Waals surface area contributed by atoms with Crippen LogP contribution in [0.4, 0.5) is 0 Å². The van der Waals surface area contributed by atoms with Crippen molar-refractivity contribution in [2.45, 2.75) is 75.9 Å². The summed E-state index contributed by atoms with van der Waals surface area (Å²) in [5.74, 6) is 0. The number of aliphatic hydroxyl groups is 8. The van der Waals surface area contributed by atoms with E-state index in [1.165, 1.54) is 0 Å². The quantitative estimate of drug-likeness (QED) is 0.215. The van der Waals surface area contributed by atoms with Crippen LogP contribution in [-0.2, 0) is 9.47 Å². The fraction of sp³-hybridized carbons (Fsp3) is 1.00. The van der Waals surface area contributed by atoms with E-state index in [4.69, 9.17) is 19.7 Å². The fourth-order valence-corrected chi connectivity index (χ4v) is 2.30. The van der Waals surface area contributed by atoms with Gasteiger partial charge in [0.25, 0.3) is 0 Å². The van der Waals surface area contributed by atoms with Crippen LogP contribution >= 0.6 is 0 Å². The molecule has 1 aliphatic rings. The van der Waals surface area contributed by atoms with Gasteiger partial charge in [0.15, 0.2) is 6.29 Å². The first-order valence-electron chi connectivity index (χ1n) is 7.39. The molecular weight excluding hydrogens is 328 g/mol. The predicted octanol–water partition coefficient (Wildman–Crippen LogP) is -3.71. The van der Waals surface area contributed by atoms with Gasteiger partial charge in [0.2, 0.25) is 0 Å². The van der Waals surface area contributed by atoms with Gasteiger partial charge in [0, 0.05) is 0 Å². The van der Waals surface area contributed by atoms with Gasteiger partial charge in [-0.3, -0.25) is 0 Å². The minimum atomic E-state index is -1.73. The Balaban J connectivity index is 0.00000529. The van der Waals surface area contributed by atoms with E-state index in [1.54, 1.807) is 6.92 Å². The minimum absolute atomic E-state index is 0. The van der Waals surface area contributed by atoms with Crippen LogP contribution in [-0.4, -0.2) is 109 Å². The summed E-state index contributed by atoms with van der Waals surface area (Å²) in [6, 6.07) is 0. The number of aliphatic hydroxyl groups excluding tert-OH is 8. The van der Waals surface area contributed by atoms with Gasteiger partial charge < -0.3 is 50.3 Å². The molecule has 8 N–H and O–H groups in total. The highest BCUT2D eigenvalue weighted by atomic mass is 16.7. The predicted molar refractivity (Wildman–Crippen MR) is 80.8 cm³/mol. The van der Waals surface area contributed by atoms with E-state index in [0.717, 1.165) is 0 Å². The molecule has 10 nitrogen and oxygen atoms in total. The van der Waals surface area contributed by atoms with E-state index < -0.39 is 68.3 Å². The average Bonchev–Trinajstić information content (AvgIpc) is 2.57. The van der Waals surface area contributed by atoms with Crippen molar-refractivity contribution in [3.63, 3.8) is 0 Å². The van der Waals surface area contributed by atoms with Crippen molar-refractivity contribution in [3.8, 4) is 0 Å². The minimum Gasteiger partial charge on any atom is -0.394 e. The largest absolute Gasteiger partial charge is 0.394 e. The lowest BCUT2D eigenvalue weighted by Gasteiger charge is -2.42. The Hall–Kier alpha value is -0.400. The Morgan fingerprint density at radius 1 is 0.958 bits per heavy atom. The van der Waals surface area contributed by atoms with Crippen molar-refractivity contribution in [2.24, 2.45) is 0 Å². The molecule has 1 rings (SSSR count). The molecule has 4 unspecified atom stereocenters. The van der Waals surface area contributed by atoms with Gasteiger partial charge in [-0.2, -0.15) is 0 Å². The van der Waals surface area contributed by atoms with E-state index in [1.807, 2.05) is 0 Å². The van der Waals surface area contributed by atoms with Gasteiger partial charge >= 0.3 is 0 Å².